The van der Waals surface area contributed by atoms with Crippen LogP contribution in [0.1, 0.15) is 18.4 Å². The molecule has 0 unspecified atom stereocenters. The third kappa shape index (κ3) is 3.01. The number of non-ortho nitro benzene ring substituents is 1. The van der Waals surface area contributed by atoms with Crippen LogP contribution in [-0.4, -0.2) is 24.2 Å². The Morgan fingerprint density at radius 3 is 2.55 bits per heavy atom. The van der Waals surface area contributed by atoms with Crippen LogP contribution < -0.4 is 5.32 Å². The highest BCUT2D eigenvalue weighted by atomic mass is 19.4. The Hall–Kier alpha value is -1.83. The third-order valence-corrected chi connectivity index (χ3v) is 3.31. The van der Waals surface area contributed by atoms with Crippen LogP contribution in [0.3, 0.4) is 0 Å². The Morgan fingerprint density at radius 1 is 1.40 bits per heavy atom. The zero-order valence-corrected chi connectivity index (χ0v) is 10.6. The van der Waals surface area contributed by atoms with Crippen molar-refractivity contribution >= 4 is 11.4 Å². The zero-order chi connectivity index (χ0) is 14.9. The van der Waals surface area contributed by atoms with E-state index in [1.54, 1.807) is 7.11 Å². The molecule has 0 aromatic heterocycles. The summed E-state index contributed by atoms with van der Waals surface area (Å²) in [5.74, 6) is 0. The molecule has 0 heterocycles. The molecule has 1 aromatic carbocycles. The lowest BCUT2D eigenvalue weighted by molar-refractivity contribution is -0.385. The van der Waals surface area contributed by atoms with Crippen molar-refractivity contribution in [2.75, 3.05) is 12.4 Å². The van der Waals surface area contributed by atoms with E-state index in [4.69, 9.17) is 4.74 Å². The molecule has 0 amide bonds. The number of benzene rings is 1. The molecular formula is C12H13F3N2O3. The largest absolute Gasteiger partial charge is 0.418 e. The van der Waals surface area contributed by atoms with Crippen LogP contribution in [-0.2, 0) is 10.9 Å². The number of halogens is 3. The van der Waals surface area contributed by atoms with Gasteiger partial charge in [-0.15, -0.1) is 0 Å². The summed E-state index contributed by atoms with van der Waals surface area (Å²) in [6.45, 7) is 0. The maximum Gasteiger partial charge on any atom is 0.418 e. The van der Waals surface area contributed by atoms with E-state index in [1.807, 2.05) is 0 Å². The summed E-state index contributed by atoms with van der Waals surface area (Å²) in [4.78, 5) is 9.72. The van der Waals surface area contributed by atoms with Crippen molar-refractivity contribution in [2.45, 2.75) is 31.2 Å². The SMILES string of the molecule is COC1CC(Nc2ccc([N+](=O)[O-])cc2C(F)(F)F)C1. The van der Waals surface area contributed by atoms with Crippen LogP contribution in [0.5, 0.6) is 0 Å². The number of hydrogen-bond donors (Lipinski definition) is 1. The molecule has 1 fully saturated rings. The highest BCUT2D eigenvalue weighted by Gasteiger charge is 2.37. The van der Waals surface area contributed by atoms with E-state index in [1.165, 1.54) is 0 Å². The molecule has 8 heteroatoms. The molecule has 0 bridgehead atoms. The predicted molar refractivity (Wildman–Crippen MR) is 65.5 cm³/mol. The van der Waals surface area contributed by atoms with E-state index in [9.17, 15) is 23.3 Å². The minimum Gasteiger partial charge on any atom is -0.382 e. The van der Waals surface area contributed by atoms with Crippen molar-refractivity contribution in [1.82, 2.24) is 0 Å². The van der Waals surface area contributed by atoms with Crippen molar-refractivity contribution in [1.29, 1.82) is 0 Å². The van der Waals surface area contributed by atoms with Gasteiger partial charge in [-0.2, -0.15) is 13.2 Å². The highest BCUT2D eigenvalue weighted by molar-refractivity contribution is 5.58. The number of rotatable bonds is 4. The summed E-state index contributed by atoms with van der Waals surface area (Å²) in [6.07, 6.45) is -3.35. The molecule has 1 aliphatic carbocycles. The summed E-state index contributed by atoms with van der Waals surface area (Å²) < 4.78 is 43.8. The number of nitrogens with zero attached hydrogens (tertiary/aromatic N) is 1. The lowest BCUT2D eigenvalue weighted by Gasteiger charge is -2.35. The minimum absolute atomic E-state index is 0.0554. The number of alkyl halides is 3. The monoisotopic (exact) mass is 290 g/mol. The van der Waals surface area contributed by atoms with Crippen LogP contribution in [0.4, 0.5) is 24.5 Å². The predicted octanol–water partition coefficient (Wildman–Crippen LogP) is 3.20. The maximum atomic E-state index is 12.9. The van der Waals surface area contributed by atoms with E-state index >= 15 is 0 Å². The average molecular weight is 290 g/mol. The van der Waals surface area contributed by atoms with Gasteiger partial charge < -0.3 is 10.1 Å². The van der Waals surface area contributed by atoms with Crippen LogP contribution in [0.15, 0.2) is 18.2 Å². The standard InChI is InChI=1S/C12H13F3N2O3/c1-20-9-4-7(5-9)16-11-3-2-8(17(18)19)6-10(11)12(13,14)15/h2-3,6-7,9,16H,4-5H2,1H3. The number of anilines is 1. The average Bonchev–Trinajstić information content (AvgIpc) is 2.31. The first-order valence-electron chi connectivity index (χ1n) is 5.96. The Morgan fingerprint density at radius 2 is 2.05 bits per heavy atom. The second kappa shape index (κ2) is 5.28. The molecule has 0 atom stereocenters. The highest BCUT2D eigenvalue weighted by Crippen LogP contribution is 2.38. The van der Waals surface area contributed by atoms with E-state index in [-0.39, 0.29) is 17.8 Å². The smallest absolute Gasteiger partial charge is 0.382 e. The fourth-order valence-electron chi connectivity index (χ4n) is 2.10. The molecule has 1 saturated carbocycles. The van der Waals surface area contributed by atoms with Gasteiger partial charge in [0.15, 0.2) is 0 Å². The number of methoxy groups -OCH3 is 1. The molecule has 0 saturated heterocycles. The van der Waals surface area contributed by atoms with Gasteiger partial charge in [0, 0.05) is 31.0 Å². The van der Waals surface area contributed by atoms with Crippen LogP contribution in [0.25, 0.3) is 0 Å². The number of hydrogen-bond acceptors (Lipinski definition) is 4. The molecule has 1 aliphatic rings. The van der Waals surface area contributed by atoms with Crippen LogP contribution in [0.2, 0.25) is 0 Å². The second-order valence-corrected chi connectivity index (χ2v) is 4.66. The molecule has 0 aliphatic heterocycles. The second-order valence-electron chi connectivity index (χ2n) is 4.66. The summed E-state index contributed by atoms with van der Waals surface area (Å²) in [7, 11) is 1.55. The summed E-state index contributed by atoms with van der Waals surface area (Å²) >= 11 is 0. The van der Waals surface area contributed by atoms with Crippen molar-refractivity contribution in [2.24, 2.45) is 0 Å². The van der Waals surface area contributed by atoms with Crippen molar-refractivity contribution in [3.05, 3.63) is 33.9 Å². The first-order valence-corrected chi connectivity index (χ1v) is 5.96. The number of nitrogens with one attached hydrogen (secondary N) is 1. The first kappa shape index (κ1) is 14.6. The van der Waals surface area contributed by atoms with Gasteiger partial charge >= 0.3 is 6.18 Å². The molecule has 2 rings (SSSR count). The summed E-state index contributed by atoms with van der Waals surface area (Å²) in [6, 6.07) is 2.60. The first-order chi connectivity index (χ1) is 9.31. The molecule has 1 N–H and O–H groups in total. The Bertz CT molecular complexity index is 513. The topological polar surface area (TPSA) is 64.4 Å². The number of nitro benzene ring substituents is 1. The van der Waals surface area contributed by atoms with Gasteiger partial charge in [-0.25, -0.2) is 0 Å². The lowest BCUT2D eigenvalue weighted by Crippen LogP contribution is -2.40. The van der Waals surface area contributed by atoms with Crippen molar-refractivity contribution < 1.29 is 22.8 Å². The molecule has 0 spiro atoms. The Balaban J connectivity index is 2.21. The fraction of sp³-hybridized carbons (Fsp3) is 0.500. The van der Waals surface area contributed by atoms with E-state index < -0.39 is 22.4 Å². The molecule has 0 radical (unpaired) electrons. The quantitative estimate of drug-likeness (QED) is 0.683. The molecule has 5 nitrogen and oxygen atoms in total. The van der Waals surface area contributed by atoms with E-state index in [0.29, 0.717) is 18.9 Å². The summed E-state index contributed by atoms with van der Waals surface area (Å²) in [5, 5.41) is 13.3. The van der Waals surface area contributed by atoms with Crippen LogP contribution >= 0.6 is 0 Å². The van der Waals surface area contributed by atoms with Gasteiger partial charge in [-0.3, -0.25) is 10.1 Å². The number of ether oxygens (including phenoxy) is 1. The molecule has 1 aromatic rings. The van der Waals surface area contributed by atoms with Crippen LogP contribution in [0, 0.1) is 10.1 Å². The molecule has 20 heavy (non-hydrogen) atoms. The van der Waals surface area contributed by atoms with E-state index in [2.05, 4.69) is 5.32 Å². The van der Waals surface area contributed by atoms with Gasteiger partial charge in [0.05, 0.1) is 16.6 Å². The third-order valence-electron chi connectivity index (χ3n) is 3.31. The van der Waals surface area contributed by atoms with Gasteiger partial charge in [0.25, 0.3) is 5.69 Å². The van der Waals surface area contributed by atoms with Gasteiger partial charge in [0.1, 0.15) is 0 Å². The van der Waals surface area contributed by atoms with E-state index in [0.717, 1.165) is 12.1 Å². The fourth-order valence-corrected chi connectivity index (χ4v) is 2.10. The molecule has 110 valence electrons. The minimum atomic E-state index is -4.64. The van der Waals surface area contributed by atoms with Gasteiger partial charge in [-0.1, -0.05) is 0 Å². The summed E-state index contributed by atoms with van der Waals surface area (Å²) in [5.41, 5.74) is -1.73. The Labute approximate surface area is 112 Å². The Kier molecular flexibility index (Phi) is 3.85. The normalized spacial score (nSPS) is 22.2. The number of nitro groups is 1. The zero-order valence-electron chi connectivity index (χ0n) is 10.6. The van der Waals surface area contributed by atoms with Gasteiger partial charge in [-0.05, 0) is 18.9 Å². The lowest BCUT2D eigenvalue weighted by atomic mass is 9.89. The van der Waals surface area contributed by atoms with Gasteiger partial charge in [0.2, 0.25) is 0 Å². The van der Waals surface area contributed by atoms with Crippen molar-refractivity contribution in [3.8, 4) is 0 Å². The molecular weight excluding hydrogens is 277 g/mol. The maximum absolute atomic E-state index is 12.9. The van der Waals surface area contributed by atoms with Crippen molar-refractivity contribution in [3.63, 3.8) is 0 Å².